The van der Waals surface area contributed by atoms with Gasteiger partial charge < -0.3 is 5.32 Å². The molecule has 0 heterocycles. The Morgan fingerprint density at radius 1 is 1.21 bits per heavy atom. The fourth-order valence-electron chi connectivity index (χ4n) is 1.86. The normalized spacial score (nSPS) is 12.2. The van der Waals surface area contributed by atoms with Crippen molar-refractivity contribution in [1.82, 2.24) is 0 Å². The molecule has 0 saturated carbocycles. The van der Waals surface area contributed by atoms with Gasteiger partial charge in [0.05, 0.1) is 5.38 Å². The highest BCUT2D eigenvalue weighted by Gasteiger charge is 2.08. The molecule has 100 valence electrons. The molecule has 0 aliphatic heterocycles. The Kier molecular flexibility index (Phi) is 4.67. The molecule has 1 N–H and O–H groups in total. The van der Waals surface area contributed by atoms with Crippen molar-refractivity contribution in [3.63, 3.8) is 0 Å². The summed E-state index contributed by atoms with van der Waals surface area (Å²) in [5, 5.41) is 3.62. The predicted octanol–water partition coefficient (Wildman–Crippen LogP) is 5.39. The molecule has 0 spiro atoms. The topological polar surface area (TPSA) is 12.0 Å². The molecule has 0 aromatic heterocycles. The maximum absolute atomic E-state index is 13.0. The van der Waals surface area contributed by atoms with Crippen LogP contribution in [0.1, 0.15) is 23.4 Å². The van der Waals surface area contributed by atoms with Gasteiger partial charge in [0, 0.05) is 17.3 Å². The zero-order chi connectivity index (χ0) is 13.8. The Bertz CT molecular complexity index is 570. The van der Waals surface area contributed by atoms with Gasteiger partial charge in [-0.2, -0.15) is 0 Å². The fraction of sp³-hybridized carbons (Fsp3) is 0.200. The zero-order valence-electron chi connectivity index (χ0n) is 10.5. The van der Waals surface area contributed by atoms with Crippen LogP contribution in [0, 0.1) is 5.82 Å². The van der Waals surface area contributed by atoms with Gasteiger partial charge in [-0.25, -0.2) is 4.39 Å². The number of benzene rings is 2. The highest BCUT2D eigenvalue weighted by atomic mass is 35.5. The Balaban J connectivity index is 2.14. The van der Waals surface area contributed by atoms with E-state index in [1.807, 2.05) is 31.2 Å². The SMILES string of the molecule is CC(Cl)c1ccccc1NCc1ccc(F)cc1Cl. The van der Waals surface area contributed by atoms with Crippen LogP contribution in [0.5, 0.6) is 0 Å². The largest absolute Gasteiger partial charge is 0.381 e. The van der Waals surface area contributed by atoms with E-state index in [2.05, 4.69) is 5.32 Å². The second-order valence-corrected chi connectivity index (χ2v) is 5.35. The number of hydrogen-bond acceptors (Lipinski definition) is 1. The number of alkyl halides is 1. The van der Waals surface area contributed by atoms with Crippen molar-refractivity contribution in [3.8, 4) is 0 Å². The zero-order valence-corrected chi connectivity index (χ0v) is 12.0. The van der Waals surface area contributed by atoms with Crippen LogP contribution in [-0.2, 0) is 6.54 Å². The molecule has 0 radical (unpaired) electrons. The highest BCUT2D eigenvalue weighted by molar-refractivity contribution is 6.31. The summed E-state index contributed by atoms with van der Waals surface area (Å²) in [6, 6.07) is 12.2. The Labute approximate surface area is 122 Å². The smallest absolute Gasteiger partial charge is 0.124 e. The maximum Gasteiger partial charge on any atom is 0.124 e. The lowest BCUT2D eigenvalue weighted by Gasteiger charge is -2.14. The van der Waals surface area contributed by atoms with Crippen LogP contribution >= 0.6 is 23.2 Å². The minimum Gasteiger partial charge on any atom is -0.381 e. The van der Waals surface area contributed by atoms with E-state index in [1.165, 1.54) is 12.1 Å². The van der Waals surface area contributed by atoms with Crippen molar-refractivity contribution in [2.45, 2.75) is 18.8 Å². The van der Waals surface area contributed by atoms with Gasteiger partial charge >= 0.3 is 0 Å². The number of rotatable bonds is 4. The quantitative estimate of drug-likeness (QED) is 0.746. The van der Waals surface area contributed by atoms with Crippen LogP contribution < -0.4 is 5.32 Å². The molecule has 0 bridgehead atoms. The number of halogens is 3. The molecular formula is C15H14Cl2FN. The summed E-state index contributed by atoms with van der Waals surface area (Å²) >= 11 is 12.1. The van der Waals surface area contributed by atoms with Crippen molar-refractivity contribution in [3.05, 3.63) is 64.4 Å². The predicted molar refractivity (Wildman–Crippen MR) is 79.4 cm³/mol. The third kappa shape index (κ3) is 3.62. The molecular weight excluding hydrogens is 284 g/mol. The van der Waals surface area contributed by atoms with Gasteiger partial charge in [0.1, 0.15) is 5.82 Å². The average Bonchev–Trinajstić information content (AvgIpc) is 2.38. The van der Waals surface area contributed by atoms with Gasteiger partial charge in [-0.1, -0.05) is 35.9 Å². The van der Waals surface area contributed by atoms with E-state index in [0.717, 1.165) is 16.8 Å². The third-order valence-electron chi connectivity index (χ3n) is 2.87. The first-order valence-corrected chi connectivity index (χ1v) is 6.80. The third-order valence-corrected chi connectivity index (χ3v) is 3.46. The molecule has 2 rings (SSSR count). The summed E-state index contributed by atoms with van der Waals surface area (Å²) in [6.45, 7) is 2.45. The van der Waals surface area contributed by atoms with Crippen molar-refractivity contribution in [2.24, 2.45) is 0 Å². The van der Waals surface area contributed by atoms with Gasteiger partial charge in [0.15, 0.2) is 0 Å². The van der Waals surface area contributed by atoms with E-state index < -0.39 is 0 Å². The van der Waals surface area contributed by atoms with Crippen LogP contribution in [-0.4, -0.2) is 0 Å². The van der Waals surface area contributed by atoms with E-state index in [0.29, 0.717) is 11.6 Å². The second kappa shape index (κ2) is 6.27. The number of anilines is 1. The first-order chi connectivity index (χ1) is 9.08. The Hall–Kier alpha value is -1.25. The molecule has 0 aliphatic rings. The number of para-hydroxylation sites is 1. The summed E-state index contributed by atoms with van der Waals surface area (Å²) in [7, 11) is 0. The molecule has 0 fully saturated rings. The van der Waals surface area contributed by atoms with Crippen LogP contribution in [0.2, 0.25) is 5.02 Å². The van der Waals surface area contributed by atoms with Crippen molar-refractivity contribution >= 4 is 28.9 Å². The minimum atomic E-state index is -0.330. The first kappa shape index (κ1) is 14.2. The Morgan fingerprint density at radius 2 is 1.95 bits per heavy atom. The van der Waals surface area contributed by atoms with Crippen LogP contribution in [0.15, 0.2) is 42.5 Å². The van der Waals surface area contributed by atoms with E-state index in [9.17, 15) is 4.39 Å². The van der Waals surface area contributed by atoms with Crippen molar-refractivity contribution in [2.75, 3.05) is 5.32 Å². The summed E-state index contributed by atoms with van der Waals surface area (Å²) in [5.41, 5.74) is 2.84. The summed E-state index contributed by atoms with van der Waals surface area (Å²) in [4.78, 5) is 0. The summed E-state index contributed by atoms with van der Waals surface area (Å²) < 4.78 is 13.0. The standard InChI is InChI=1S/C15H14Cl2FN/c1-10(16)13-4-2-3-5-15(13)19-9-11-6-7-12(18)8-14(11)17/h2-8,10,19H,9H2,1H3. The van der Waals surface area contributed by atoms with Crippen LogP contribution in [0.4, 0.5) is 10.1 Å². The molecule has 1 unspecified atom stereocenters. The van der Waals surface area contributed by atoms with Crippen LogP contribution in [0.3, 0.4) is 0 Å². The molecule has 0 saturated heterocycles. The number of nitrogens with one attached hydrogen (secondary N) is 1. The van der Waals surface area contributed by atoms with Crippen molar-refractivity contribution in [1.29, 1.82) is 0 Å². The lowest BCUT2D eigenvalue weighted by molar-refractivity contribution is 0.627. The maximum atomic E-state index is 13.0. The number of hydrogen-bond donors (Lipinski definition) is 1. The summed E-state index contributed by atoms with van der Waals surface area (Å²) in [6.07, 6.45) is 0. The molecule has 0 aliphatic carbocycles. The molecule has 2 aromatic rings. The van der Waals surface area contributed by atoms with E-state index in [1.54, 1.807) is 6.07 Å². The fourth-order valence-corrected chi connectivity index (χ4v) is 2.28. The molecule has 19 heavy (non-hydrogen) atoms. The lowest BCUT2D eigenvalue weighted by atomic mass is 10.1. The highest BCUT2D eigenvalue weighted by Crippen LogP contribution is 2.28. The average molecular weight is 298 g/mol. The van der Waals surface area contributed by atoms with Gasteiger partial charge in [0.2, 0.25) is 0 Å². The summed E-state index contributed by atoms with van der Waals surface area (Å²) in [5.74, 6) is -0.330. The molecule has 2 aromatic carbocycles. The Morgan fingerprint density at radius 3 is 2.63 bits per heavy atom. The van der Waals surface area contributed by atoms with Gasteiger partial charge in [-0.05, 0) is 36.2 Å². The van der Waals surface area contributed by atoms with Gasteiger partial charge in [-0.15, -0.1) is 11.6 Å². The minimum absolute atomic E-state index is 0.0765. The second-order valence-electron chi connectivity index (χ2n) is 4.29. The van der Waals surface area contributed by atoms with E-state index >= 15 is 0 Å². The monoisotopic (exact) mass is 297 g/mol. The van der Waals surface area contributed by atoms with Gasteiger partial charge in [0.25, 0.3) is 0 Å². The van der Waals surface area contributed by atoms with E-state index in [4.69, 9.17) is 23.2 Å². The molecule has 1 nitrogen and oxygen atoms in total. The lowest BCUT2D eigenvalue weighted by Crippen LogP contribution is -2.03. The molecule has 1 atom stereocenters. The van der Waals surface area contributed by atoms with Gasteiger partial charge in [-0.3, -0.25) is 0 Å². The first-order valence-electron chi connectivity index (χ1n) is 5.98. The molecule has 0 amide bonds. The van der Waals surface area contributed by atoms with E-state index in [-0.39, 0.29) is 11.2 Å². The van der Waals surface area contributed by atoms with Crippen LogP contribution in [0.25, 0.3) is 0 Å². The van der Waals surface area contributed by atoms with Crippen molar-refractivity contribution < 1.29 is 4.39 Å². The molecule has 4 heteroatoms.